The summed E-state index contributed by atoms with van der Waals surface area (Å²) in [5.41, 5.74) is 6.86. The van der Waals surface area contributed by atoms with Crippen LogP contribution in [0.2, 0.25) is 0 Å². The second-order valence-corrected chi connectivity index (χ2v) is 8.78. The lowest BCUT2D eigenvalue weighted by atomic mass is 9.94. The first-order valence-corrected chi connectivity index (χ1v) is 11.2. The Hall–Kier alpha value is -3.22. The summed E-state index contributed by atoms with van der Waals surface area (Å²) in [4.78, 5) is 13.8. The second kappa shape index (κ2) is 8.37. The molecule has 0 aliphatic carbocycles. The third kappa shape index (κ3) is 3.55. The van der Waals surface area contributed by atoms with E-state index in [4.69, 9.17) is 17.0 Å². The van der Waals surface area contributed by atoms with E-state index in [1.807, 2.05) is 18.2 Å². The minimum atomic E-state index is -0.266. The fourth-order valence-electron chi connectivity index (χ4n) is 4.80. The quantitative estimate of drug-likeness (QED) is 0.386. The van der Waals surface area contributed by atoms with E-state index >= 15 is 0 Å². The number of aryl methyl sites for hydroxylation is 1. The Morgan fingerprint density at radius 3 is 2.50 bits per heavy atom. The van der Waals surface area contributed by atoms with Crippen LogP contribution in [0.3, 0.4) is 0 Å². The van der Waals surface area contributed by atoms with Crippen LogP contribution in [0.5, 0.6) is 0 Å². The maximum absolute atomic E-state index is 12.7. The number of carbonyl (C=O) groups excluding carboxylic acids is 1. The number of carbonyl (C=O) groups is 1. The number of fused-ring (bicyclic) bond motifs is 2. The summed E-state index contributed by atoms with van der Waals surface area (Å²) >= 11 is 5.99. The minimum Gasteiger partial charge on any atom is -0.465 e. The largest absolute Gasteiger partial charge is 0.465 e. The van der Waals surface area contributed by atoms with Crippen molar-refractivity contribution in [2.24, 2.45) is 0 Å². The van der Waals surface area contributed by atoms with Gasteiger partial charge in [-0.15, -0.1) is 0 Å². The molecule has 0 amide bonds. The number of hydrogen-bond acceptors (Lipinski definition) is 3. The van der Waals surface area contributed by atoms with Crippen molar-refractivity contribution in [3.05, 3.63) is 94.3 Å². The smallest absolute Gasteiger partial charge is 0.365 e. The molecular formula is C26H26N3O2S+. The molecule has 2 atom stereocenters. The summed E-state index contributed by atoms with van der Waals surface area (Å²) in [5, 5.41) is 0. The summed E-state index contributed by atoms with van der Waals surface area (Å²) in [7, 11) is 1.47. The number of quaternary nitrogens is 1. The molecule has 162 valence electrons. The SMILES string of the molecule is COC(=O)[C@H]1Cc2ccccc2C[NH+]1Cn1c(=S)n(-c2cccc(C)c2)c2ccccc21. The lowest BCUT2D eigenvalue weighted by molar-refractivity contribution is -0.954. The first-order valence-electron chi connectivity index (χ1n) is 10.8. The van der Waals surface area contributed by atoms with E-state index in [-0.39, 0.29) is 12.0 Å². The zero-order valence-corrected chi connectivity index (χ0v) is 19.1. The van der Waals surface area contributed by atoms with Gasteiger partial charge in [-0.1, -0.05) is 48.5 Å². The van der Waals surface area contributed by atoms with Gasteiger partial charge in [0.2, 0.25) is 0 Å². The summed E-state index contributed by atoms with van der Waals surface area (Å²) < 4.78 is 10.2. The lowest BCUT2D eigenvalue weighted by Crippen LogP contribution is -3.16. The van der Waals surface area contributed by atoms with Gasteiger partial charge in [-0.25, -0.2) is 4.79 Å². The number of esters is 1. The first-order chi connectivity index (χ1) is 15.6. The number of benzene rings is 3. The molecule has 1 aliphatic rings. The molecule has 6 heteroatoms. The summed E-state index contributed by atoms with van der Waals surface area (Å²) in [6, 6.07) is 24.7. The van der Waals surface area contributed by atoms with Crippen LogP contribution in [0, 0.1) is 11.7 Å². The highest BCUT2D eigenvalue weighted by Gasteiger charge is 2.36. The lowest BCUT2D eigenvalue weighted by Gasteiger charge is -2.32. The van der Waals surface area contributed by atoms with Crippen LogP contribution in [-0.2, 0) is 29.2 Å². The summed E-state index contributed by atoms with van der Waals surface area (Å²) in [5.74, 6) is -0.177. The zero-order valence-electron chi connectivity index (χ0n) is 18.2. The highest BCUT2D eigenvalue weighted by atomic mass is 32.1. The number of rotatable bonds is 4. The predicted molar refractivity (Wildman–Crippen MR) is 127 cm³/mol. The number of methoxy groups -OCH3 is 1. The molecule has 1 unspecified atom stereocenters. The van der Waals surface area contributed by atoms with E-state index < -0.39 is 0 Å². The van der Waals surface area contributed by atoms with Crippen LogP contribution in [0.15, 0.2) is 72.8 Å². The number of nitrogens with one attached hydrogen (secondary N) is 1. The topological polar surface area (TPSA) is 40.6 Å². The number of nitrogens with zero attached hydrogens (tertiary/aromatic N) is 2. The van der Waals surface area contributed by atoms with Gasteiger partial charge in [0.25, 0.3) is 0 Å². The summed E-state index contributed by atoms with van der Waals surface area (Å²) in [6.45, 7) is 3.43. The van der Waals surface area contributed by atoms with E-state index in [1.54, 1.807) is 0 Å². The molecule has 32 heavy (non-hydrogen) atoms. The van der Waals surface area contributed by atoms with Crippen molar-refractivity contribution in [2.45, 2.75) is 32.6 Å². The van der Waals surface area contributed by atoms with E-state index in [0.29, 0.717) is 13.1 Å². The van der Waals surface area contributed by atoms with Crippen LogP contribution in [0.4, 0.5) is 0 Å². The van der Waals surface area contributed by atoms with Gasteiger partial charge in [-0.2, -0.15) is 0 Å². The van der Waals surface area contributed by atoms with E-state index in [9.17, 15) is 4.79 Å². The molecule has 5 nitrogen and oxygen atoms in total. The van der Waals surface area contributed by atoms with Crippen molar-refractivity contribution in [3.8, 4) is 5.69 Å². The number of hydrogen-bond donors (Lipinski definition) is 1. The normalized spacial score (nSPS) is 17.8. The molecule has 4 aromatic rings. The maximum atomic E-state index is 12.7. The van der Waals surface area contributed by atoms with Crippen molar-refractivity contribution in [1.82, 2.24) is 9.13 Å². The Morgan fingerprint density at radius 1 is 1.03 bits per heavy atom. The number of imidazole rings is 1. The second-order valence-electron chi connectivity index (χ2n) is 8.42. The molecule has 1 aliphatic heterocycles. The average Bonchev–Trinajstić information content (AvgIpc) is 3.09. The van der Waals surface area contributed by atoms with Gasteiger partial charge in [-0.3, -0.25) is 9.13 Å². The Kier molecular flexibility index (Phi) is 5.41. The highest BCUT2D eigenvalue weighted by molar-refractivity contribution is 7.71. The average molecular weight is 445 g/mol. The van der Waals surface area contributed by atoms with Gasteiger partial charge in [0.05, 0.1) is 18.1 Å². The molecular weight excluding hydrogens is 418 g/mol. The number of aromatic nitrogens is 2. The third-order valence-corrected chi connectivity index (χ3v) is 6.80. The zero-order chi connectivity index (χ0) is 22.2. The summed E-state index contributed by atoms with van der Waals surface area (Å²) in [6.07, 6.45) is 0.669. The van der Waals surface area contributed by atoms with E-state index in [1.165, 1.54) is 23.8 Å². The molecule has 0 spiro atoms. The van der Waals surface area contributed by atoms with Gasteiger partial charge in [0.15, 0.2) is 17.5 Å². The van der Waals surface area contributed by atoms with Crippen LogP contribution in [0.1, 0.15) is 16.7 Å². The molecule has 2 heterocycles. The molecule has 1 aromatic heterocycles. The molecule has 0 bridgehead atoms. The molecule has 1 N–H and O–H groups in total. The van der Waals surface area contributed by atoms with Crippen LogP contribution >= 0.6 is 12.2 Å². The van der Waals surface area contributed by atoms with E-state index in [0.717, 1.165) is 32.9 Å². The third-order valence-electron chi connectivity index (χ3n) is 6.40. The predicted octanol–water partition coefficient (Wildman–Crippen LogP) is 3.61. The van der Waals surface area contributed by atoms with Gasteiger partial charge < -0.3 is 9.64 Å². The molecule has 0 saturated heterocycles. The van der Waals surface area contributed by atoms with Crippen molar-refractivity contribution in [2.75, 3.05) is 7.11 Å². The molecule has 0 radical (unpaired) electrons. The van der Waals surface area contributed by atoms with Crippen molar-refractivity contribution in [1.29, 1.82) is 0 Å². The monoisotopic (exact) mass is 444 g/mol. The van der Waals surface area contributed by atoms with Gasteiger partial charge in [0.1, 0.15) is 6.54 Å². The van der Waals surface area contributed by atoms with Crippen molar-refractivity contribution in [3.63, 3.8) is 0 Å². The van der Waals surface area contributed by atoms with Gasteiger partial charge >= 0.3 is 5.97 Å². The Balaban J connectivity index is 1.62. The Labute approximate surface area is 192 Å². The minimum absolute atomic E-state index is 0.177. The molecule has 0 saturated carbocycles. The van der Waals surface area contributed by atoms with Crippen molar-refractivity contribution < 1.29 is 14.4 Å². The van der Waals surface area contributed by atoms with Gasteiger partial charge in [0, 0.05) is 17.7 Å². The molecule has 3 aromatic carbocycles. The number of ether oxygens (including phenoxy) is 1. The fourth-order valence-corrected chi connectivity index (χ4v) is 5.17. The van der Waals surface area contributed by atoms with Gasteiger partial charge in [-0.05, 0) is 54.5 Å². The maximum Gasteiger partial charge on any atom is 0.365 e. The van der Waals surface area contributed by atoms with Crippen LogP contribution in [-0.4, -0.2) is 28.3 Å². The standard InChI is InChI=1S/C26H25N3O2S/c1-18-8-7-11-21(14-18)29-23-13-6-5-12-22(23)28(26(29)32)17-27-16-20-10-4-3-9-19(20)15-24(27)25(30)31-2/h3-14,24H,15-17H2,1-2H3/p+1/t24-/m1/s1. The number of para-hydroxylation sites is 2. The molecule has 5 rings (SSSR count). The Bertz CT molecular complexity index is 1370. The Morgan fingerprint density at radius 2 is 1.75 bits per heavy atom. The first kappa shape index (κ1) is 20.7. The van der Waals surface area contributed by atoms with Crippen LogP contribution < -0.4 is 4.90 Å². The van der Waals surface area contributed by atoms with E-state index in [2.05, 4.69) is 70.7 Å². The van der Waals surface area contributed by atoms with Crippen LogP contribution in [0.25, 0.3) is 16.7 Å². The fraction of sp³-hybridized carbons (Fsp3) is 0.231. The molecule has 0 fully saturated rings. The van der Waals surface area contributed by atoms with Crippen molar-refractivity contribution >= 4 is 29.2 Å². The highest BCUT2D eigenvalue weighted by Crippen LogP contribution is 2.23.